The summed E-state index contributed by atoms with van der Waals surface area (Å²) in [6.45, 7) is 7.66. The van der Waals surface area contributed by atoms with Gasteiger partial charge in [-0.05, 0) is 57.4 Å². The number of nitrogens with zero attached hydrogens (tertiary/aromatic N) is 3. The van der Waals surface area contributed by atoms with Crippen LogP contribution in [0.3, 0.4) is 0 Å². The van der Waals surface area contributed by atoms with Gasteiger partial charge in [-0.15, -0.1) is 0 Å². The summed E-state index contributed by atoms with van der Waals surface area (Å²) in [6.07, 6.45) is 6.28. The van der Waals surface area contributed by atoms with E-state index in [2.05, 4.69) is 21.4 Å². The number of aromatic nitrogens is 2. The standard InChI is InChI=1S/C21H28ClN3O2/c1-3-25-12-10-23-19(25)15-24-11-6-9-21(16-24,20(26)27-4-2)14-17-7-5-8-18(22)13-17/h5,7-8,10,12-13H,3-4,6,9,11,14-16H2,1-2H3/t21-/m0/s1. The Labute approximate surface area is 166 Å². The number of esters is 1. The summed E-state index contributed by atoms with van der Waals surface area (Å²) in [5.41, 5.74) is 0.537. The minimum atomic E-state index is -0.539. The highest BCUT2D eigenvalue weighted by Gasteiger charge is 2.43. The fourth-order valence-corrected chi connectivity index (χ4v) is 4.26. The molecule has 0 amide bonds. The van der Waals surface area contributed by atoms with Crippen molar-refractivity contribution in [3.8, 4) is 0 Å². The normalized spacial score (nSPS) is 20.6. The van der Waals surface area contributed by atoms with Crippen LogP contribution in [0.2, 0.25) is 5.02 Å². The van der Waals surface area contributed by atoms with Gasteiger partial charge in [-0.2, -0.15) is 0 Å². The van der Waals surface area contributed by atoms with Crippen molar-refractivity contribution in [2.45, 2.75) is 46.2 Å². The Morgan fingerprint density at radius 3 is 2.96 bits per heavy atom. The van der Waals surface area contributed by atoms with Crippen molar-refractivity contribution in [2.75, 3.05) is 19.7 Å². The number of rotatable bonds is 7. The second kappa shape index (κ2) is 8.89. The van der Waals surface area contributed by atoms with E-state index in [0.717, 1.165) is 43.9 Å². The van der Waals surface area contributed by atoms with E-state index >= 15 is 0 Å². The molecule has 2 aromatic rings. The third-order valence-corrected chi connectivity index (χ3v) is 5.54. The summed E-state index contributed by atoms with van der Waals surface area (Å²) in [4.78, 5) is 19.8. The summed E-state index contributed by atoms with van der Waals surface area (Å²) in [6, 6.07) is 7.79. The van der Waals surface area contributed by atoms with Gasteiger partial charge in [-0.25, -0.2) is 4.98 Å². The Balaban J connectivity index is 1.82. The van der Waals surface area contributed by atoms with E-state index in [1.165, 1.54) is 0 Å². The molecule has 6 heteroatoms. The lowest BCUT2D eigenvalue weighted by Crippen LogP contribution is -2.49. The maximum absolute atomic E-state index is 13.0. The van der Waals surface area contributed by atoms with Gasteiger partial charge in [0.1, 0.15) is 5.82 Å². The van der Waals surface area contributed by atoms with Crippen LogP contribution in [0.15, 0.2) is 36.7 Å². The molecule has 1 aliphatic rings. The third-order valence-electron chi connectivity index (χ3n) is 5.30. The van der Waals surface area contributed by atoms with E-state index in [0.29, 0.717) is 24.6 Å². The van der Waals surface area contributed by atoms with Crippen molar-refractivity contribution in [1.29, 1.82) is 0 Å². The number of benzene rings is 1. The predicted molar refractivity (Wildman–Crippen MR) is 107 cm³/mol. The van der Waals surface area contributed by atoms with Gasteiger partial charge in [0.25, 0.3) is 0 Å². The maximum atomic E-state index is 13.0. The molecule has 2 heterocycles. The first-order valence-electron chi connectivity index (χ1n) is 9.70. The lowest BCUT2D eigenvalue weighted by Gasteiger charge is -2.41. The van der Waals surface area contributed by atoms with Crippen molar-refractivity contribution < 1.29 is 9.53 Å². The topological polar surface area (TPSA) is 47.4 Å². The van der Waals surface area contributed by atoms with Crippen LogP contribution < -0.4 is 0 Å². The molecule has 1 saturated heterocycles. The Morgan fingerprint density at radius 2 is 2.22 bits per heavy atom. The predicted octanol–water partition coefficient (Wildman–Crippen LogP) is 3.94. The first kappa shape index (κ1) is 19.9. The number of piperidine rings is 1. The van der Waals surface area contributed by atoms with E-state index in [9.17, 15) is 4.79 Å². The van der Waals surface area contributed by atoms with Crippen LogP contribution in [0.25, 0.3) is 0 Å². The maximum Gasteiger partial charge on any atom is 0.313 e. The van der Waals surface area contributed by atoms with Crippen LogP contribution in [0.1, 0.15) is 38.1 Å². The first-order valence-corrected chi connectivity index (χ1v) is 10.1. The molecular weight excluding hydrogens is 362 g/mol. The molecule has 0 radical (unpaired) electrons. The van der Waals surface area contributed by atoms with Crippen LogP contribution >= 0.6 is 11.6 Å². The van der Waals surface area contributed by atoms with Crippen LogP contribution in [-0.2, 0) is 29.0 Å². The Hall–Kier alpha value is -1.85. The van der Waals surface area contributed by atoms with Crippen LogP contribution in [0.5, 0.6) is 0 Å². The first-order chi connectivity index (χ1) is 13.1. The number of hydrogen-bond acceptors (Lipinski definition) is 4. The third kappa shape index (κ3) is 4.71. The zero-order valence-electron chi connectivity index (χ0n) is 16.2. The molecule has 0 aliphatic carbocycles. The zero-order chi connectivity index (χ0) is 19.3. The van der Waals surface area contributed by atoms with E-state index in [1.807, 2.05) is 43.6 Å². The van der Waals surface area contributed by atoms with Crippen molar-refractivity contribution in [1.82, 2.24) is 14.5 Å². The van der Waals surface area contributed by atoms with Gasteiger partial charge in [0.15, 0.2) is 0 Å². The second-order valence-electron chi connectivity index (χ2n) is 7.25. The summed E-state index contributed by atoms with van der Waals surface area (Å²) in [5.74, 6) is 0.938. The number of hydrogen-bond donors (Lipinski definition) is 0. The summed E-state index contributed by atoms with van der Waals surface area (Å²) < 4.78 is 7.65. The molecule has 0 bridgehead atoms. The lowest BCUT2D eigenvalue weighted by atomic mass is 9.75. The Kier molecular flexibility index (Phi) is 6.55. The fourth-order valence-electron chi connectivity index (χ4n) is 4.05. The SMILES string of the molecule is CCOC(=O)[C@]1(Cc2cccc(Cl)c2)CCCN(Cc2nccn2CC)C1. The monoisotopic (exact) mass is 389 g/mol. The summed E-state index contributed by atoms with van der Waals surface area (Å²) in [5, 5.41) is 0.698. The van der Waals surface area contributed by atoms with Gasteiger partial charge >= 0.3 is 5.97 Å². The molecule has 1 aromatic heterocycles. The molecule has 1 fully saturated rings. The number of imidazole rings is 1. The molecule has 0 unspecified atom stereocenters. The molecule has 1 aliphatic heterocycles. The van der Waals surface area contributed by atoms with E-state index in [-0.39, 0.29) is 5.97 Å². The minimum absolute atomic E-state index is 0.103. The van der Waals surface area contributed by atoms with Crippen LogP contribution in [0, 0.1) is 5.41 Å². The average molecular weight is 390 g/mol. The van der Waals surface area contributed by atoms with Crippen molar-refractivity contribution >= 4 is 17.6 Å². The van der Waals surface area contributed by atoms with Crippen molar-refractivity contribution in [2.24, 2.45) is 5.41 Å². The fraction of sp³-hybridized carbons (Fsp3) is 0.524. The molecule has 146 valence electrons. The van der Waals surface area contributed by atoms with Gasteiger partial charge in [0.05, 0.1) is 18.6 Å². The second-order valence-corrected chi connectivity index (χ2v) is 7.69. The molecule has 0 saturated carbocycles. The molecular formula is C21H28ClN3O2. The van der Waals surface area contributed by atoms with Crippen molar-refractivity contribution in [3.05, 3.63) is 53.1 Å². The number of ether oxygens (including phenoxy) is 1. The van der Waals surface area contributed by atoms with Crippen LogP contribution in [-0.4, -0.2) is 40.1 Å². The highest BCUT2D eigenvalue weighted by atomic mass is 35.5. The summed E-state index contributed by atoms with van der Waals surface area (Å²) in [7, 11) is 0. The minimum Gasteiger partial charge on any atom is -0.466 e. The van der Waals surface area contributed by atoms with Gasteiger partial charge in [-0.1, -0.05) is 23.7 Å². The highest BCUT2D eigenvalue weighted by Crippen LogP contribution is 2.36. The van der Waals surface area contributed by atoms with E-state index in [1.54, 1.807) is 0 Å². The van der Waals surface area contributed by atoms with Gasteiger partial charge in [0.2, 0.25) is 0 Å². The molecule has 0 spiro atoms. The largest absolute Gasteiger partial charge is 0.466 e. The Morgan fingerprint density at radius 1 is 1.37 bits per heavy atom. The number of aryl methyl sites for hydroxylation is 1. The Bertz CT molecular complexity index is 776. The van der Waals surface area contributed by atoms with Gasteiger partial charge in [0, 0.05) is 30.5 Å². The van der Waals surface area contributed by atoms with Gasteiger partial charge < -0.3 is 9.30 Å². The number of likely N-dealkylation sites (tertiary alicyclic amines) is 1. The van der Waals surface area contributed by atoms with E-state index < -0.39 is 5.41 Å². The number of carbonyl (C=O) groups is 1. The molecule has 0 N–H and O–H groups in total. The van der Waals surface area contributed by atoms with Crippen molar-refractivity contribution in [3.63, 3.8) is 0 Å². The molecule has 5 nitrogen and oxygen atoms in total. The number of halogens is 1. The highest BCUT2D eigenvalue weighted by molar-refractivity contribution is 6.30. The zero-order valence-corrected chi connectivity index (χ0v) is 16.9. The smallest absolute Gasteiger partial charge is 0.313 e. The molecule has 1 aromatic carbocycles. The van der Waals surface area contributed by atoms with Gasteiger partial charge in [-0.3, -0.25) is 9.69 Å². The molecule has 27 heavy (non-hydrogen) atoms. The van der Waals surface area contributed by atoms with E-state index in [4.69, 9.17) is 16.3 Å². The van der Waals surface area contributed by atoms with Crippen LogP contribution in [0.4, 0.5) is 0 Å². The summed E-state index contributed by atoms with van der Waals surface area (Å²) >= 11 is 6.17. The average Bonchev–Trinajstić information content (AvgIpc) is 3.09. The quantitative estimate of drug-likeness (QED) is 0.673. The molecule has 3 rings (SSSR count). The molecule has 1 atom stereocenters. The lowest BCUT2D eigenvalue weighted by molar-refractivity contribution is -0.159. The number of carbonyl (C=O) groups excluding carboxylic acids is 1.